The first-order valence-electron chi connectivity index (χ1n) is 6.30. The van der Waals surface area contributed by atoms with Gasteiger partial charge >= 0.3 is 0 Å². The second kappa shape index (κ2) is 5.33. The minimum absolute atomic E-state index is 0.00913. The number of hydrogen-bond acceptors (Lipinski definition) is 2. The van der Waals surface area contributed by atoms with Gasteiger partial charge in [-0.25, -0.2) is 0 Å². The van der Waals surface area contributed by atoms with Crippen LogP contribution in [0.3, 0.4) is 0 Å². The van der Waals surface area contributed by atoms with Crippen molar-refractivity contribution in [2.75, 3.05) is 13.6 Å². The highest BCUT2D eigenvalue weighted by atomic mass is 35.5. The highest BCUT2D eigenvalue weighted by Crippen LogP contribution is 2.28. The Bertz CT molecular complexity index is 438. The third-order valence-corrected chi connectivity index (χ3v) is 3.72. The van der Waals surface area contributed by atoms with Crippen molar-refractivity contribution < 1.29 is 9.90 Å². The number of aromatic nitrogens is 1. The molecule has 4 nitrogen and oxygen atoms in total. The van der Waals surface area contributed by atoms with Crippen LogP contribution < -0.4 is 0 Å². The Balaban J connectivity index is 2.01. The number of carbonyl (C=O) groups is 1. The molecule has 0 unspecified atom stereocenters. The van der Waals surface area contributed by atoms with Crippen LogP contribution in [0.1, 0.15) is 30.3 Å². The number of nitrogens with zero attached hydrogens (tertiary/aromatic N) is 2. The van der Waals surface area contributed by atoms with E-state index in [1.807, 2.05) is 11.5 Å². The molecule has 0 aliphatic heterocycles. The summed E-state index contributed by atoms with van der Waals surface area (Å²) in [7, 11) is 1.80. The van der Waals surface area contributed by atoms with E-state index in [-0.39, 0.29) is 12.0 Å². The van der Waals surface area contributed by atoms with Crippen LogP contribution in [-0.4, -0.2) is 40.2 Å². The maximum Gasteiger partial charge on any atom is 0.270 e. The summed E-state index contributed by atoms with van der Waals surface area (Å²) in [5.74, 6) is 0.416. The summed E-state index contributed by atoms with van der Waals surface area (Å²) >= 11 is 5.93. The van der Waals surface area contributed by atoms with Gasteiger partial charge in [-0.3, -0.25) is 4.79 Å². The van der Waals surface area contributed by atoms with E-state index in [9.17, 15) is 9.90 Å². The van der Waals surface area contributed by atoms with Crippen molar-refractivity contribution in [1.29, 1.82) is 0 Å². The fourth-order valence-electron chi connectivity index (χ4n) is 2.43. The molecule has 2 rings (SSSR count). The van der Waals surface area contributed by atoms with Crippen LogP contribution in [0, 0.1) is 5.92 Å². The van der Waals surface area contributed by atoms with Gasteiger partial charge in [-0.15, -0.1) is 0 Å². The van der Waals surface area contributed by atoms with Crippen LogP contribution in [-0.2, 0) is 6.54 Å². The van der Waals surface area contributed by atoms with E-state index in [1.54, 1.807) is 24.2 Å². The van der Waals surface area contributed by atoms with Gasteiger partial charge in [0.25, 0.3) is 5.91 Å². The van der Waals surface area contributed by atoms with E-state index in [1.165, 1.54) is 0 Å². The smallest absolute Gasteiger partial charge is 0.270 e. The number of aliphatic hydroxyl groups excluding tert-OH is 1. The lowest BCUT2D eigenvalue weighted by atomic mass is 9.82. The second-order valence-electron chi connectivity index (χ2n) is 5.01. The second-order valence-corrected chi connectivity index (χ2v) is 5.44. The Hall–Kier alpha value is -1.00. The third-order valence-electron chi connectivity index (χ3n) is 3.51. The predicted octanol–water partition coefficient (Wildman–Crippen LogP) is 2.00. The summed E-state index contributed by atoms with van der Waals surface area (Å²) in [5.41, 5.74) is 0.630. The zero-order chi connectivity index (χ0) is 13.3. The average Bonchev–Trinajstić information content (AvgIpc) is 2.67. The first kappa shape index (κ1) is 13.4. The zero-order valence-corrected chi connectivity index (χ0v) is 11.5. The van der Waals surface area contributed by atoms with E-state index in [0.29, 0.717) is 23.2 Å². The molecule has 1 aromatic rings. The monoisotopic (exact) mass is 270 g/mol. The molecule has 1 aliphatic rings. The van der Waals surface area contributed by atoms with E-state index in [0.717, 1.165) is 19.4 Å². The molecule has 0 radical (unpaired) electrons. The van der Waals surface area contributed by atoms with Gasteiger partial charge in [-0.1, -0.05) is 11.6 Å². The minimum Gasteiger partial charge on any atom is -0.393 e. The lowest BCUT2D eigenvalue weighted by Gasteiger charge is -2.34. The van der Waals surface area contributed by atoms with Crippen molar-refractivity contribution in [2.45, 2.75) is 32.4 Å². The van der Waals surface area contributed by atoms with Crippen LogP contribution in [0.4, 0.5) is 0 Å². The van der Waals surface area contributed by atoms with Gasteiger partial charge < -0.3 is 14.6 Å². The lowest BCUT2D eigenvalue weighted by Crippen LogP contribution is -2.40. The number of aryl methyl sites for hydroxylation is 1. The van der Waals surface area contributed by atoms with Crippen LogP contribution in [0.2, 0.25) is 5.02 Å². The van der Waals surface area contributed by atoms with E-state index < -0.39 is 0 Å². The van der Waals surface area contributed by atoms with Crippen LogP contribution >= 0.6 is 11.6 Å². The minimum atomic E-state index is -0.174. The van der Waals surface area contributed by atoms with Crippen molar-refractivity contribution in [3.05, 3.63) is 23.0 Å². The molecule has 1 fully saturated rings. The number of hydrogen-bond donors (Lipinski definition) is 1. The van der Waals surface area contributed by atoms with Gasteiger partial charge in [0.2, 0.25) is 0 Å². The predicted molar refractivity (Wildman–Crippen MR) is 70.8 cm³/mol. The maximum absolute atomic E-state index is 12.3. The Labute approximate surface area is 112 Å². The SMILES string of the molecule is CCn1cc(Cl)cc1C(=O)N(C)CC1CC(O)C1. The van der Waals surface area contributed by atoms with Crippen molar-refractivity contribution in [3.8, 4) is 0 Å². The normalized spacial score (nSPS) is 22.7. The maximum atomic E-state index is 12.3. The molecule has 0 atom stereocenters. The summed E-state index contributed by atoms with van der Waals surface area (Å²) in [6.45, 7) is 3.40. The molecule has 18 heavy (non-hydrogen) atoms. The summed E-state index contributed by atoms with van der Waals surface area (Å²) in [6.07, 6.45) is 3.20. The number of rotatable bonds is 4. The molecule has 1 N–H and O–H groups in total. The van der Waals surface area contributed by atoms with E-state index in [2.05, 4.69) is 0 Å². The lowest BCUT2D eigenvalue weighted by molar-refractivity contribution is 0.0263. The molecule has 1 heterocycles. The fourth-order valence-corrected chi connectivity index (χ4v) is 2.65. The fraction of sp³-hybridized carbons (Fsp3) is 0.615. The molecule has 0 spiro atoms. The van der Waals surface area contributed by atoms with Gasteiger partial charge in [0.15, 0.2) is 0 Å². The van der Waals surface area contributed by atoms with Crippen molar-refractivity contribution in [2.24, 2.45) is 5.92 Å². The molecule has 1 amide bonds. The molecule has 100 valence electrons. The Morgan fingerprint density at radius 1 is 1.61 bits per heavy atom. The van der Waals surface area contributed by atoms with Crippen molar-refractivity contribution in [1.82, 2.24) is 9.47 Å². The molecule has 1 aromatic heterocycles. The highest BCUT2D eigenvalue weighted by Gasteiger charge is 2.29. The molecule has 0 saturated heterocycles. The van der Waals surface area contributed by atoms with Crippen LogP contribution in [0.15, 0.2) is 12.3 Å². The van der Waals surface area contributed by atoms with Gasteiger partial charge in [0.1, 0.15) is 5.69 Å². The van der Waals surface area contributed by atoms with E-state index >= 15 is 0 Å². The van der Waals surface area contributed by atoms with Gasteiger partial charge in [-0.2, -0.15) is 0 Å². The summed E-state index contributed by atoms with van der Waals surface area (Å²) in [5, 5.41) is 9.84. The topological polar surface area (TPSA) is 45.5 Å². The van der Waals surface area contributed by atoms with Crippen molar-refractivity contribution in [3.63, 3.8) is 0 Å². The Kier molecular flexibility index (Phi) is 3.97. The largest absolute Gasteiger partial charge is 0.393 e. The molecular weight excluding hydrogens is 252 g/mol. The zero-order valence-electron chi connectivity index (χ0n) is 10.8. The standard InChI is InChI=1S/C13H19ClN2O2/c1-3-16-8-10(14)6-12(16)13(18)15(2)7-9-4-11(17)5-9/h6,8-9,11,17H,3-5,7H2,1-2H3. The average molecular weight is 271 g/mol. The van der Waals surface area contributed by atoms with Crippen molar-refractivity contribution >= 4 is 17.5 Å². The first-order chi connectivity index (χ1) is 8.51. The summed E-state index contributed by atoms with van der Waals surface area (Å²) < 4.78 is 1.86. The molecule has 0 aromatic carbocycles. The molecular formula is C13H19ClN2O2. The van der Waals surface area contributed by atoms with E-state index in [4.69, 9.17) is 11.6 Å². The summed E-state index contributed by atoms with van der Waals surface area (Å²) in [6, 6.07) is 1.71. The van der Waals surface area contributed by atoms with Gasteiger partial charge in [0, 0.05) is 26.3 Å². The van der Waals surface area contributed by atoms with Crippen LogP contribution in [0.5, 0.6) is 0 Å². The van der Waals surface area contributed by atoms with Gasteiger partial charge in [0.05, 0.1) is 11.1 Å². The third kappa shape index (κ3) is 2.70. The quantitative estimate of drug-likeness (QED) is 0.910. The van der Waals surface area contributed by atoms with Crippen LogP contribution in [0.25, 0.3) is 0 Å². The Morgan fingerprint density at radius 2 is 2.28 bits per heavy atom. The van der Waals surface area contributed by atoms with Gasteiger partial charge in [-0.05, 0) is 31.7 Å². The first-order valence-corrected chi connectivity index (χ1v) is 6.68. The molecule has 1 saturated carbocycles. The summed E-state index contributed by atoms with van der Waals surface area (Å²) in [4.78, 5) is 14.0. The number of halogens is 1. The number of carbonyl (C=O) groups excluding carboxylic acids is 1. The molecule has 0 bridgehead atoms. The molecule has 5 heteroatoms. The highest BCUT2D eigenvalue weighted by molar-refractivity contribution is 6.31. The number of aliphatic hydroxyl groups is 1. The molecule has 1 aliphatic carbocycles. The number of amides is 1. The Morgan fingerprint density at radius 3 is 2.83 bits per heavy atom.